The van der Waals surface area contributed by atoms with Gasteiger partial charge in [0, 0.05) is 11.8 Å². The van der Waals surface area contributed by atoms with Gasteiger partial charge in [-0.3, -0.25) is 0 Å². The zero-order valence-corrected chi connectivity index (χ0v) is 19.5. The fourth-order valence-corrected chi connectivity index (χ4v) is 5.46. The normalized spacial score (nSPS) is 17.4. The molecule has 1 aliphatic heterocycles. The van der Waals surface area contributed by atoms with Gasteiger partial charge in [-0.25, -0.2) is 0 Å². The second kappa shape index (κ2) is 13.8. The van der Waals surface area contributed by atoms with Gasteiger partial charge in [0.2, 0.25) is 5.16 Å². The van der Waals surface area contributed by atoms with Crippen LogP contribution in [0.2, 0.25) is 0 Å². The summed E-state index contributed by atoms with van der Waals surface area (Å²) in [5.74, 6) is 0. The third kappa shape index (κ3) is 8.03. The molecule has 0 radical (unpaired) electrons. The molecule has 1 unspecified atom stereocenters. The molecule has 1 aromatic carbocycles. The number of benzene rings is 1. The van der Waals surface area contributed by atoms with E-state index in [1.807, 2.05) is 34.6 Å². The molecule has 2 aromatic rings. The molecule has 5 nitrogen and oxygen atoms in total. The summed E-state index contributed by atoms with van der Waals surface area (Å²) in [4.78, 5) is 2.66. The molecule has 0 spiro atoms. The first kappa shape index (κ1) is 23.3. The van der Waals surface area contributed by atoms with E-state index in [0.717, 1.165) is 17.4 Å². The molecule has 1 saturated heterocycles. The number of likely N-dealkylation sites (tertiary alicyclic amines) is 1. The Kier molecular flexibility index (Phi) is 10.7. The molecule has 2 heterocycles. The first-order valence-electron chi connectivity index (χ1n) is 12.1. The van der Waals surface area contributed by atoms with Gasteiger partial charge in [0.15, 0.2) is 0 Å². The van der Waals surface area contributed by atoms with E-state index in [2.05, 4.69) is 39.5 Å². The lowest BCUT2D eigenvalue weighted by Crippen LogP contribution is -2.37. The van der Waals surface area contributed by atoms with E-state index in [-0.39, 0.29) is 0 Å². The highest BCUT2D eigenvalue weighted by molar-refractivity contribution is 7.99. The number of nitrogens with zero attached hydrogens (tertiary/aromatic N) is 5. The third-order valence-corrected chi connectivity index (χ3v) is 7.19. The molecule has 1 fully saturated rings. The molecule has 0 N–H and O–H groups in total. The monoisotopic (exact) mass is 429 g/mol. The van der Waals surface area contributed by atoms with Gasteiger partial charge in [0.25, 0.3) is 0 Å². The van der Waals surface area contributed by atoms with Crippen LogP contribution in [0.25, 0.3) is 5.69 Å². The van der Waals surface area contributed by atoms with Crippen LogP contribution in [-0.4, -0.2) is 50.0 Å². The summed E-state index contributed by atoms with van der Waals surface area (Å²) in [7, 11) is 0. The molecular weight excluding hydrogens is 390 g/mol. The number of aromatic nitrogens is 4. The van der Waals surface area contributed by atoms with Crippen molar-refractivity contribution < 1.29 is 0 Å². The highest BCUT2D eigenvalue weighted by Gasteiger charge is 2.23. The summed E-state index contributed by atoms with van der Waals surface area (Å²) in [6, 6.07) is 10.2. The number of hydrogen-bond acceptors (Lipinski definition) is 5. The maximum atomic E-state index is 4.29. The minimum absolute atomic E-state index is 0.579. The Bertz CT molecular complexity index is 690. The van der Waals surface area contributed by atoms with E-state index in [0.29, 0.717) is 5.25 Å². The van der Waals surface area contributed by atoms with E-state index < -0.39 is 0 Å². The van der Waals surface area contributed by atoms with Crippen molar-refractivity contribution in [3.63, 3.8) is 0 Å². The second-order valence-electron chi connectivity index (χ2n) is 8.57. The van der Waals surface area contributed by atoms with Gasteiger partial charge < -0.3 is 4.90 Å². The first-order chi connectivity index (χ1) is 14.9. The van der Waals surface area contributed by atoms with Gasteiger partial charge in [-0.2, -0.15) is 4.68 Å². The van der Waals surface area contributed by atoms with Crippen molar-refractivity contribution >= 4 is 11.8 Å². The summed E-state index contributed by atoms with van der Waals surface area (Å²) in [6.45, 7) is 5.94. The molecule has 1 aromatic heterocycles. The number of thioether (sulfide) groups is 1. The largest absolute Gasteiger partial charge is 0.302 e. The Morgan fingerprint density at radius 3 is 2.37 bits per heavy atom. The van der Waals surface area contributed by atoms with Crippen molar-refractivity contribution in [1.82, 2.24) is 25.1 Å². The SMILES string of the molecule is CCCCCCCCCCCCN1CCCC(Sc2nnnn2-c2ccccc2)C1. The van der Waals surface area contributed by atoms with Crippen LogP contribution in [0, 0.1) is 0 Å². The third-order valence-electron chi connectivity index (χ3n) is 6.00. The van der Waals surface area contributed by atoms with Gasteiger partial charge in [-0.1, -0.05) is 94.7 Å². The number of unbranched alkanes of at least 4 members (excludes halogenated alkanes) is 9. The number of para-hydroxylation sites is 1. The van der Waals surface area contributed by atoms with E-state index in [1.165, 1.54) is 90.1 Å². The minimum atomic E-state index is 0.579. The van der Waals surface area contributed by atoms with E-state index in [9.17, 15) is 0 Å². The second-order valence-corrected chi connectivity index (χ2v) is 9.84. The van der Waals surface area contributed by atoms with Gasteiger partial charge in [0.05, 0.1) is 5.69 Å². The summed E-state index contributed by atoms with van der Waals surface area (Å²) < 4.78 is 1.87. The van der Waals surface area contributed by atoms with Crippen molar-refractivity contribution in [3.8, 4) is 5.69 Å². The zero-order valence-electron chi connectivity index (χ0n) is 18.7. The van der Waals surface area contributed by atoms with Crippen molar-refractivity contribution in [1.29, 1.82) is 0 Å². The van der Waals surface area contributed by atoms with Crippen LogP contribution >= 0.6 is 11.8 Å². The molecule has 0 saturated carbocycles. The molecule has 0 amide bonds. The van der Waals surface area contributed by atoms with Gasteiger partial charge in [-0.15, -0.1) is 5.10 Å². The lowest BCUT2D eigenvalue weighted by molar-refractivity contribution is 0.229. The molecule has 166 valence electrons. The lowest BCUT2D eigenvalue weighted by Gasteiger charge is -2.32. The van der Waals surface area contributed by atoms with Gasteiger partial charge in [0.1, 0.15) is 0 Å². The number of hydrogen-bond donors (Lipinski definition) is 0. The Morgan fingerprint density at radius 1 is 0.933 bits per heavy atom. The van der Waals surface area contributed by atoms with Crippen molar-refractivity contribution in [2.45, 2.75) is 94.4 Å². The maximum absolute atomic E-state index is 4.29. The first-order valence-corrected chi connectivity index (χ1v) is 13.0. The molecule has 6 heteroatoms. The van der Waals surface area contributed by atoms with Gasteiger partial charge >= 0.3 is 0 Å². The van der Waals surface area contributed by atoms with Crippen LogP contribution in [0.5, 0.6) is 0 Å². The minimum Gasteiger partial charge on any atom is -0.302 e. The van der Waals surface area contributed by atoms with Crippen molar-refractivity contribution in [3.05, 3.63) is 30.3 Å². The number of piperidine rings is 1. The molecule has 1 aliphatic rings. The molecule has 1 atom stereocenters. The van der Waals surface area contributed by atoms with Crippen LogP contribution in [0.1, 0.15) is 84.0 Å². The Morgan fingerprint density at radius 2 is 1.63 bits per heavy atom. The summed E-state index contributed by atoms with van der Waals surface area (Å²) >= 11 is 1.84. The van der Waals surface area contributed by atoms with Crippen molar-refractivity contribution in [2.75, 3.05) is 19.6 Å². The Hall–Kier alpha value is -1.40. The number of rotatable bonds is 14. The van der Waals surface area contributed by atoms with Crippen molar-refractivity contribution in [2.24, 2.45) is 0 Å². The smallest absolute Gasteiger partial charge is 0.214 e. The van der Waals surface area contributed by atoms with Crippen LogP contribution in [0.3, 0.4) is 0 Å². The molecular formula is C24H39N5S. The van der Waals surface area contributed by atoms with Gasteiger partial charge in [-0.05, 0) is 54.9 Å². The van der Waals surface area contributed by atoms with E-state index >= 15 is 0 Å². The van der Waals surface area contributed by atoms with Crippen LogP contribution in [0.15, 0.2) is 35.5 Å². The number of tetrazole rings is 1. The average Bonchev–Trinajstić information content (AvgIpc) is 3.24. The summed E-state index contributed by atoms with van der Waals surface area (Å²) in [6.07, 6.45) is 16.6. The fraction of sp³-hybridized carbons (Fsp3) is 0.708. The zero-order chi connectivity index (χ0) is 20.9. The fourth-order valence-electron chi connectivity index (χ4n) is 4.27. The highest BCUT2D eigenvalue weighted by atomic mass is 32.2. The molecule has 0 aliphatic carbocycles. The van der Waals surface area contributed by atoms with E-state index in [4.69, 9.17) is 0 Å². The quantitative estimate of drug-likeness (QED) is 0.338. The Balaban J connectivity index is 1.31. The molecule has 3 rings (SSSR count). The summed E-state index contributed by atoms with van der Waals surface area (Å²) in [5, 5.41) is 13.9. The highest BCUT2D eigenvalue weighted by Crippen LogP contribution is 2.29. The predicted octanol–water partition coefficient (Wildman–Crippen LogP) is 6.14. The predicted molar refractivity (Wildman–Crippen MR) is 126 cm³/mol. The lowest BCUT2D eigenvalue weighted by atomic mass is 10.1. The standard InChI is InChI=1S/C24H39N5S/c1-2-3-4-5-6-7-8-9-10-14-19-28-20-15-18-23(21-28)30-24-25-26-27-29(24)22-16-12-11-13-17-22/h11-13,16-17,23H,2-10,14-15,18-21H2,1H3. The molecule has 30 heavy (non-hydrogen) atoms. The van der Waals surface area contributed by atoms with Crippen LogP contribution in [-0.2, 0) is 0 Å². The average molecular weight is 430 g/mol. The van der Waals surface area contributed by atoms with E-state index in [1.54, 1.807) is 0 Å². The maximum Gasteiger partial charge on any atom is 0.214 e. The van der Waals surface area contributed by atoms with Crippen LogP contribution < -0.4 is 0 Å². The Labute approximate surface area is 187 Å². The van der Waals surface area contributed by atoms with Crippen LogP contribution in [0.4, 0.5) is 0 Å². The molecule has 0 bridgehead atoms. The summed E-state index contributed by atoms with van der Waals surface area (Å²) in [5.41, 5.74) is 1.03. The topological polar surface area (TPSA) is 46.8 Å².